The average Bonchev–Trinajstić information content (AvgIpc) is 2.51. The van der Waals surface area contributed by atoms with Crippen LogP contribution in [0.25, 0.3) is 0 Å². The van der Waals surface area contributed by atoms with Crippen LogP contribution in [0.2, 0.25) is 0 Å². The molecule has 0 aliphatic rings. The van der Waals surface area contributed by atoms with Gasteiger partial charge in [0.25, 0.3) is 0 Å². The van der Waals surface area contributed by atoms with Crippen molar-refractivity contribution in [2.24, 2.45) is 0 Å². The number of urea groups is 1. The van der Waals surface area contributed by atoms with Crippen molar-refractivity contribution < 1.29 is 9.90 Å². The van der Waals surface area contributed by atoms with Gasteiger partial charge in [-0.3, -0.25) is 0 Å². The molecule has 122 valence electrons. The SMILES string of the molecule is Cc1cc(Sc2ccccc2)ccc1NC(=O)NCCC(C)O. The average molecular weight is 330 g/mol. The van der Waals surface area contributed by atoms with E-state index in [2.05, 4.69) is 28.8 Å². The number of hydrogen-bond acceptors (Lipinski definition) is 3. The molecule has 1 unspecified atom stereocenters. The van der Waals surface area contributed by atoms with Gasteiger partial charge in [0.05, 0.1) is 6.10 Å². The van der Waals surface area contributed by atoms with Gasteiger partial charge < -0.3 is 15.7 Å². The molecule has 2 aromatic rings. The number of carbonyl (C=O) groups excluding carboxylic acids is 1. The number of nitrogens with one attached hydrogen (secondary N) is 2. The maximum Gasteiger partial charge on any atom is 0.319 e. The predicted molar refractivity (Wildman–Crippen MR) is 95.1 cm³/mol. The van der Waals surface area contributed by atoms with Crippen LogP contribution in [-0.2, 0) is 0 Å². The molecule has 4 nitrogen and oxygen atoms in total. The lowest BCUT2D eigenvalue weighted by Crippen LogP contribution is -2.31. The van der Waals surface area contributed by atoms with Crippen molar-refractivity contribution in [3.8, 4) is 0 Å². The molecule has 0 radical (unpaired) electrons. The Morgan fingerprint density at radius 2 is 1.91 bits per heavy atom. The van der Waals surface area contributed by atoms with Gasteiger partial charge in [0.2, 0.25) is 0 Å². The first-order valence-corrected chi connectivity index (χ1v) is 8.42. The predicted octanol–water partition coefficient (Wildman–Crippen LogP) is 4.04. The number of amides is 2. The second-order valence-corrected chi connectivity index (χ2v) is 6.56. The Hall–Kier alpha value is -1.98. The molecule has 0 saturated heterocycles. The molecular weight excluding hydrogens is 308 g/mol. The normalized spacial score (nSPS) is 11.8. The monoisotopic (exact) mass is 330 g/mol. The quantitative estimate of drug-likeness (QED) is 0.749. The second-order valence-electron chi connectivity index (χ2n) is 5.41. The summed E-state index contributed by atoms with van der Waals surface area (Å²) in [5.41, 5.74) is 1.80. The second kappa shape index (κ2) is 8.60. The Kier molecular flexibility index (Phi) is 6.50. The Balaban J connectivity index is 1.92. The van der Waals surface area contributed by atoms with E-state index in [-0.39, 0.29) is 6.03 Å². The van der Waals surface area contributed by atoms with Crippen LogP contribution in [0, 0.1) is 6.92 Å². The minimum absolute atomic E-state index is 0.253. The van der Waals surface area contributed by atoms with Crippen molar-refractivity contribution in [2.75, 3.05) is 11.9 Å². The van der Waals surface area contributed by atoms with E-state index in [1.54, 1.807) is 18.7 Å². The van der Waals surface area contributed by atoms with Gasteiger partial charge in [0, 0.05) is 22.0 Å². The number of benzene rings is 2. The Morgan fingerprint density at radius 3 is 2.57 bits per heavy atom. The van der Waals surface area contributed by atoms with Gasteiger partial charge in [0.1, 0.15) is 0 Å². The Bertz CT molecular complexity index is 645. The molecule has 0 fully saturated rings. The van der Waals surface area contributed by atoms with Crippen molar-refractivity contribution in [3.63, 3.8) is 0 Å². The van der Waals surface area contributed by atoms with E-state index in [4.69, 9.17) is 0 Å². The third kappa shape index (κ3) is 5.96. The summed E-state index contributed by atoms with van der Waals surface area (Å²) in [7, 11) is 0. The van der Waals surface area contributed by atoms with Crippen LogP contribution in [0.3, 0.4) is 0 Å². The van der Waals surface area contributed by atoms with Crippen LogP contribution in [0.15, 0.2) is 58.3 Å². The van der Waals surface area contributed by atoms with E-state index in [1.165, 1.54) is 4.90 Å². The molecule has 1 atom stereocenters. The smallest absolute Gasteiger partial charge is 0.319 e. The molecule has 3 N–H and O–H groups in total. The fraction of sp³-hybridized carbons (Fsp3) is 0.278. The zero-order valence-electron chi connectivity index (χ0n) is 13.4. The minimum Gasteiger partial charge on any atom is -0.393 e. The summed E-state index contributed by atoms with van der Waals surface area (Å²) in [5, 5.41) is 14.7. The molecular formula is C18H22N2O2S. The molecule has 0 aromatic heterocycles. The highest BCUT2D eigenvalue weighted by Crippen LogP contribution is 2.30. The maximum absolute atomic E-state index is 11.8. The number of aliphatic hydroxyl groups is 1. The summed E-state index contributed by atoms with van der Waals surface area (Å²) in [4.78, 5) is 14.1. The van der Waals surface area contributed by atoms with Gasteiger partial charge in [-0.1, -0.05) is 30.0 Å². The molecule has 0 aliphatic carbocycles. The number of carbonyl (C=O) groups is 1. The van der Waals surface area contributed by atoms with Crippen LogP contribution in [0.4, 0.5) is 10.5 Å². The fourth-order valence-corrected chi connectivity index (χ4v) is 2.96. The third-order valence-corrected chi connectivity index (χ3v) is 4.27. The van der Waals surface area contributed by atoms with Crippen LogP contribution in [0.1, 0.15) is 18.9 Å². The molecule has 2 aromatic carbocycles. The maximum atomic E-state index is 11.8. The lowest BCUT2D eigenvalue weighted by Gasteiger charge is -2.12. The van der Waals surface area contributed by atoms with Crippen molar-refractivity contribution in [1.29, 1.82) is 0 Å². The summed E-state index contributed by atoms with van der Waals surface area (Å²) >= 11 is 1.69. The lowest BCUT2D eigenvalue weighted by molar-refractivity contribution is 0.184. The van der Waals surface area contributed by atoms with Gasteiger partial charge >= 0.3 is 6.03 Å². The third-order valence-electron chi connectivity index (χ3n) is 3.27. The molecule has 5 heteroatoms. The van der Waals surface area contributed by atoms with E-state index in [0.717, 1.165) is 16.1 Å². The first-order chi connectivity index (χ1) is 11.0. The highest BCUT2D eigenvalue weighted by atomic mass is 32.2. The summed E-state index contributed by atoms with van der Waals surface area (Å²) < 4.78 is 0. The van der Waals surface area contributed by atoms with E-state index in [9.17, 15) is 9.90 Å². The largest absolute Gasteiger partial charge is 0.393 e. The zero-order valence-corrected chi connectivity index (χ0v) is 14.2. The van der Waals surface area contributed by atoms with Gasteiger partial charge in [0.15, 0.2) is 0 Å². The van der Waals surface area contributed by atoms with Crippen molar-refractivity contribution >= 4 is 23.5 Å². The van der Waals surface area contributed by atoms with Crippen LogP contribution in [-0.4, -0.2) is 23.8 Å². The summed E-state index contributed by atoms with van der Waals surface area (Å²) in [6.45, 7) is 4.12. The first-order valence-electron chi connectivity index (χ1n) is 7.61. The first kappa shape index (κ1) is 17.4. The van der Waals surface area contributed by atoms with Crippen molar-refractivity contribution in [3.05, 3.63) is 54.1 Å². The van der Waals surface area contributed by atoms with Crippen LogP contribution >= 0.6 is 11.8 Å². The topological polar surface area (TPSA) is 61.4 Å². The molecule has 0 aliphatic heterocycles. The van der Waals surface area contributed by atoms with Gasteiger partial charge in [-0.25, -0.2) is 4.79 Å². The Morgan fingerprint density at radius 1 is 1.17 bits per heavy atom. The number of hydrogen-bond donors (Lipinski definition) is 3. The van der Waals surface area contributed by atoms with Crippen molar-refractivity contribution in [1.82, 2.24) is 5.32 Å². The number of anilines is 1. The minimum atomic E-state index is -0.411. The van der Waals surface area contributed by atoms with E-state index >= 15 is 0 Å². The number of rotatable bonds is 6. The van der Waals surface area contributed by atoms with E-state index in [0.29, 0.717) is 13.0 Å². The molecule has 0 heterocycles. The van der Waals surface area contributed by atoms with E-state index in [1.807, 2.05) is 37.3 Å². The number of aliphatic hydroxyl groups excluding tert-OH is 1. The number of aryl methyl sites for hydroxylation is 1. The van der Waals surface area contributed by atoms with Crippen LogP contribution in [0.5, 0.6) is 0 Å². The zero-order chi connectivity index (χ0) is 16.7. The molecule has 23 heavy (non-hydrogen) atoms. The van der Waals surface area contributed by atoms with E-state index < -0.39 is 6.10 Å². The van der Waals surface area contributed by atoms with Gasteiger partial charge in [-0.15, -0.1) is 0 Å². The van der Waals surface area contributed by atoms with Crippen molar-refractivity contribution in [2.45, 2.75) is 36.2 Å². The molecule has 0 bridgehead atoms. The standard InChI is InChI=1S/C18H22N2O2S/c1-13-12-16(23-15-6-4-3-5-7-15)8-9-17(13)20-18(22)19-11-10-14(2)21/h3-9,12,14,21H,10-11H2,1-2H3,(H2,19,20,22). The summed E-state index contributed by atoms with van der Waals surface area (Å²) in [6, 6.07) is 15.9. The molecule has 2 rings (SSSR count). The summed E-state index contributed by atoms with van der Waals surface area (Å²) in [5.74, 6) is 0. The highest BCUT2D eigenvalue weighted by Gasteiger charge is 2.06. The van der Waals surface area contributed by atoms with Gasteiger partial charge in [-0.2, -0.15) is 0 Å². The molecule has 0 spiro atoms. The van der Waals surface area contributed by atoms with Gasteiger partial charge in [-0.05, 0) is 56.2 Å². The highest BCUT2D eigenvalue weighted by molar-refractivity contribution is 7.99. The molecule has 2 amide bonds. The fourth-order valence-electron chi connectivity index (χ4n) is 2.03. The Labute approximate surface area is 141 Å². The molecule has 0 saturated carbocycles. The van der Waals surface area contributed by atoms with Crippen LogP contribution < -0.4 is 10.6 Å². The lowest BCUT2D eigenvalue weighted by atomic mass is 10.2. The summed E-state index contributed by atoms with van der Waals surface area (Å²) in [6.07, 6.45) is 0.130.